The summed E-state index contributed by atoms with van der Waals surface area (Å²) >= 11 is 0. The average Bonchev–Trinajstić information content (AvgIpc) is 3.08. The number of hydrogen-bond donors (Lipinski definition) is 0. The summed E-state index contributed by atoms with van der Waals surface area (Å²) in [5.41, 5.74) is 1.14. The first-order valence-electron chi connectivity index (χ1n) is 8.87. The Hall–Kier alpha value is -1.99. The normalized spacial score (nSPS) is 18.2. The smallest absolute Gasteiger partial charge is 0.497 e. The molecule has 0 aliphatic carbocycles. The van der Waals surface area contributed by atoms with Gasteiger partial charge in [-0.2, -0.15) is 5.10 Å². The van der Waals surface area contributed by atoms with Gasteiger partial charge in [0.25, 0.3) is 0 Å². The molecule has 3 rings (SSSR count). The Morgan fingerprint density at radius 2 is 1.81 bits per heavy atom. The molecule has 0 unspecified atom stereocenters. The van der Waals surface area contributed by atoms with Gasteiger partial charge in [0.05, 0.1) is 24.9 Å². The van der Waals surface area contributed by atoms with Crippen LogP contribution < -0.4 is 14.9 Å². The lowest BCUT2D eigenvalue weighted by molar-refractivity contribution is 0.00578. The monoisotopic (exact) mass is 358 g/mol. The SMILES string of the molecule is COc1ccc(OCCc2ccnn2C)c(B2OC(C)(C)C(C)(C)O2)c1. The van der Waals surface area contributed by atoms with Crippen LogP contribution in [-0.2, 0) is 22.8 Å². The molecule has 1 aliphatic heterocycles. The van der Waals surface area contributed by atoms with E-state index in [4.69, 9.17) is 18.8 Å². The molecule has 0 amide bonds. The fraction of sp³-hybridized carbons (Fsp3) is 0.526. The van der Waals surface area contributed by atoms with Crippen LogP contribution in [0.25, 0.3) is 0 Å². The van der Waals surface area contributed by atoms with E-state index in [1.54, 1.807) is 13.3 Å². The van der Waals surface area contributed by atoms with Gasteiger partial charge in [-0.25, -0.2) is 0 Å². The predicted molar refractivity (Wildman–Crippen MR) is 101 cm³/mol. The predicted octanol–water partition coefficient (Wildman–Crippen LogP) is 2.35. The summed E-state index contributed by atoms with van der Waals surface area (Å²) in [6.07, 6.45) is 2.56. The number of ether oxygens (including phenoxy) is 2. The van der Waals surface area contributed by atoms with E-state index in [2.05, 4.69) is 5.10 Å². The number of methoxy groups -OCH3 is 1. The second kappa shape index (κ2) is 6.97. The topological polar surface area (TPSA) is 54.7 Å². The van der Waals surface area contributed by atoms with E-state index in [0.29, 0.717) is 6.61 Å². The minimum Gasteiger partial charge on any atom is -0.497 e. The molecule has 0 N–H and O–H groups in total. The molecule has 2 aromatic rings. The average molecular weight is 358 g/mol. The molecule has 7 heteroatoms. The van der Waals surface area contributed by atoms with Crippen LogP contribution in [0.3, 0.4) is 0 Å². The Balaban J connectivity index is 1.79. The van der Waals surface area contributed by atoms with Crippen LogP contribution in [0.15, 0.2) is 30.5 Å². The summed E-state index contributed by atoms with van der Waals surface area (Å²) in [6.45, 7) is 8.69. The van der Waals surface area contributed by atoms with Crippen LogP contribution >= 0.6 is 0 Å². The number of nitrogens with zero attached hydrogens (tertiary/aromatic N) is 2. The minimum absolute atomic E-state index is 0.410. The minimum atomic E-state index is -0.498. The molecule has 0 saturated carbocycles. The molecule has 1 fully saturated rings. The van der Waals surface area contributed by atoms with Crippen molar-refractivity contribution in [1.29, 1.82) is 0 Å². The van der Waals surface area contributed by atoms with E-state index in [9.17, 15) is 0 Å². The molecule has 0 bridgehead atoms. The van der Waals surface area contributed by atoms with Crippen molar-refractivity contribution >= 4 is 12.6 Å². The van der Waals surface area contributed by atoms with Crippen LogP contribution in [0.1, 0.15) is 33.4 Å². The first-order chi connectivity index (χ1) is 12.2. The van der Waals surface area contributed by atoms with Gasteiger partial charge in [-0.05, 0) is 52.0 Å². The Morgan fingerprint density at radius 3 is 2.38 bits per heavy atom. The van der Waals surface area contributed by atoms with Gasteiger partial charge in [0.2, 0.25) is 0 Å². The molecule has 0 spiro atoms. The summed E-state index contributed by atoms with van der Waals surface area (Å²) in [5.74, 6) is 1.49. The number of hydrogen-bond acceptors (Lipinski definition) is 5. The summed E-state index contributed by atoms with van der Waals surface area (Å²) in [4.78, 5) is 0. The van der Waals surface area contributed by atoms with Gasteiger partial charge >= 0.3 is 7.12 Å². The molecular weight excluding hydrogens is 331 g/mol. The molecule has 26 heavy (non-hydrogen) atoms. The molecule has 1 saturated heterocycles. The highest BCUT2D eigenvalue weighted by molar-refractivity contribution is 6.63. The zero-order valence-corrected chi connectivity index (χ0v) is 16.4. The van der Waals surface area contributed by atoms with Gasteiger partial charge in [-0.15, -0.1) is 0 Å². The van der Waals surface area contributed by atoms with E-state index in [1.165, 1.54) is 0 Å². The number of benzene rings is 1. The van der Waals surface area contributed by atoms with E-state index >= 15 is 0 Å². The maximum Gasteiger partial charge on any atom is 0.498 e. The van der Waals surface area contributed by atoms with Crippen LogP contribution in [0.4, 0.5) is 0 Å². The van der Waals surface area contributed by atoms with Crippen molar-refractivity contribution in [2.24, 2.45) is 7.05 Å². The van der Waals surface area contributed by atoms with Crippen molar-refractivity contribution < 1.29 is 18.8 Å². The Bertz CT molecular complexity index is 757. The Morgan fingerprint density at radius 1 is 1.12 bits per heavy atom. The molecule has 6 nitrogen and oxygen atoms in total. The molecule has 1 aromatic carbocycles. The van der Waals surface area contributed by atoms with Gasteiger partial charge in [-0.1, -0.05) is 0 Å². The first-order valence-corrected chi connectivity index (χ1v) is 8.87. The second-order valence-electron chi connectivity index (χ2n) is 7.54. The van der Waals surface area contributed by atoms with Gasteiger partial charge in [0.15, 0.2) is 0 Å². The fourth-order valence-electron chi connectivity index (χ4n) is 2.85. The van der Waals surface area contributed by atoms with E-state index < -0.39 is 18.3 Å². The molecule has 1 aromatic heterocycles. The molecule has 2 heterocycles. The summed E-state index contributed by atoms with van der Waals surface area (Å²) in [7, 11) is 3.08. The number of aromatic nitrogens is 2. The standard InChI is InChI=1S/C19H27BN2O4/c1-18(2)19(3,4)26-20(25-18)16-13-15(23-6)7-8-17(16)24-12-10-14-9-11-21-22(14)5/h7-9,11,13H,10,12H2,1-6H3. The third kappa shape index (κ3) is 3.59. The van der Waals surface area contributed by atoms with Crippen molar-refractivity contribution in [3.8, 4) is 11.5 Å². The largest absolute Gasteiger partial charge is 0.498 e. The second-order valence-corrected chi connectivity index (χ2v) is 7.54. The van der Waals surface area contributed by atoms with E-state index in [-0.39, 0.29) is 0 Å². The highest BCUT2D eigenvalue weighted by Gasteiger charge is 2.52. The lowest BCUT2D eigenvalue weighted by Crippen LogP contribution is -2.41. The highest BCUT2D eigenvalue weighted by atomic mass is 16.7. The highest BCUT2D eigenvalue weighted by Crippen LogP contribution is 2.37. The third-order valence-electron chi connectivity index (χ3n) is 5.26. The zero-order chi connectivity index (χ0) is 18.9. The van der Waals surface area contributed by atoms with E-state index in [0.717, 1.165) is 29.1 Å². The van der Waals surface area contributed by atoms with Crippen LogP contribution in [0.2, 0.25) is 0 Å². The van der Waals surface area contributed by atoms with Crippen molar-refractivity contribution in [2.45, 2.75) is 45.3 Å². The quantitative estimate of drug-likeness (QED) is 0.742. The van der Waals surface area contributed by atoms with Crippen molar-refractivity contribution in [1.82, 2.24) is 9.78 Å². The van der Waals surface area contributed by atoms with Gasteiger partial charge in [0.1, 0.15) is 11.5 Å². The summed E-state index contributed by atoms with van der Waals surface area (Å²) in [5, 5.41) is 4.18. The third-order valence-corrected chi connectivity index (χ3v) is 5.26. The van der Waals surface area contributed by atoms with Crippen molar-refractivity contribution in [3.05, 3.63) is 36.2 Å². The number of aryl methyl sites for hydroxylation is 1. The van der Waals surface area contributed by atoms with Crippen LogP contribution in [0, 0.1) is 0 Å². The van der Waals surface area contributed by atoms with Gasteiger partial charge < -0.3 is 18.8 Å². The zero-order valence-electron chi connectivity index (χ0n) is 16.4. The van der Waals surface area contributed by atoms with Crippen LogP contribution in [-0.4, -0.2) is 41.8 Å². The van der Waals surface area contributed by atoms with Crippen LogP contribution in [0.5, 0.6) is 11.5 Å². The lowest BCUT2D eigenvalue weighted by Gasteiger charge is -2.32. The summed E-state index contributed by atoms with van der Waals surface area (Å²) < 4.78 is 25.7. The maximum absolute atomic E-state index is 6.19. The maximum atomic E-state index is 6.19. The van der Waals surface area contributed by atoms with Crippen molar-refractivity contribution in [2.75, 3.05) is 13.7 Å². The molecular formula is C19H27BN2O4. The fourth-order valence-corrected chi connectivity index (χ4v) is 2.85. The van der Waals surface area contributed by atoms with Gasteiger partial charge in [-0.3, -0.25) is 4.68 Å². The number of rotatable bonds is 6. The first kappa shape index (κ1) is 18.8. The van der Waals surface area contributed by atoms with E-state index in [1.807, 2.05) is 63.7 Å². The lowest BCUT2D eigenvalue weighted by atomic mass is 9.78. The molecule has 1 aliphatic rings. The molecule has 0 radical (unpaired) electrons. The van der Waals surface area contributed by atoms with Gasteiger partial charge in [0, 0.05) is 30.8 Å². The molecule has 0 atom stereocenters. The Kier molecular flexibility index (Phi) is 5.04. The Labute approximate surface area is 155 Å². The summed E-state index contributed by atoms with van der Waals surface area (Å²) in [6, 6.07) is 7.70. The molecule has 140 valence electrons. The van der Waals surface area contributed by atoms with Crippen molar-refractivity contribution in [3.63, 3.8) is 0 Å².